The quantitative estimate of drug-likeness (QED) is 0.767. The lowest BCUT2D eigenvalue weighted by Gasteiger charge is -2.21. The van der Waals surface area contributed by atoms with Crippen molar-refractivity contribution in [2.45, 2.75) is 18.9 Å². The lowest BCUT2D eigenvalue weighted by molar-refractivity contribution is -0.115. The van der Waals surface area contributed by atoms with Gasteiger partial charge in [-0.25, -0.2) is 0 Å². The smallest absolute Gasteiger partial charge is 0.290 e. The number of benzene rings is 1. The number of hydrogen-bond donors (Lipinski definition) is 1. The molecule has 1 aromatic rings. The first-order valence-electron chi connectivity index (χ1n) is 9.69. The minimum atomic E-state index is -0.382. The summed E-state index contributed by atoms with van der Waals surface area (Å²) < 4.78 is 5.96. The molecular weight excluding hydrogens is 390 g/mol. The van der Waals surface area contributed by atoms with Crippen LogP contribution >= 0.6 is 11.8 Å². The third kappa shape index (κ3) is 4.54. The molecule has 3 aliphatic rings. The summed E-state index contributed by atoms with van der Waals surface area (Å²) in [4.78, 5) is 40.5. The summed E-state index contributed by atoms with van der Waals surface area (Å²) in [7, 11) is 2.08. The van der Waals surface area contributed by atoms with E-state index in [1.54, 1.807) is 6.08 Å². The van der Waals surface area contributed by atoms with Gasteiger partial charge in [-0.05, 0) is 56.1 Å². The van der Waals surface area contributed by atoms with Gasteiger partial charge in [-0.1, -0.05) is 12.1 Å². The number of ether oxygens (including phenoxy) is 1. The van der Waals surface area contributed by atoms with Crippen molar-refractivity contribution >= 4 is 34.6 Å². The summed E-state index contributed by atoms with van der Waals surface area (Å²) in [5.74, 6) is 0.344. The van der Waals surface area contributed by atoms with Crippen molar-refractivity contribution in [3.8, 4) is 0 Å². The molecular formula is C21H23N3O4S. The number of likely N-dealkylation sites (N-methyl/N-ethyl adjacent to an activating group) is 1. The maximum absolute atomic E-state index is 12.9. The van der Waals surface area contributed by atoms with Gasteiger partial charge in [0.1, 0.15) is 11.9 Å². The van der Waals surface area contributed by atoms with Crippen LogP contribution in [0.4, 0.5) is 4.79 Å². The van der Waals surface area contributed by atoms with Gasteiger partial charge in [0.15, 0.2) is 0 Å². The minimum Gasteiger partial charge on any atom is -0.486 e. The molecule has 1 aromatic carbocycles. The van der Waals surface area contributed by atoms with Crippen LogP contribution in [0.2, 0.25) is 0 Å². The van der Waals surface area contributed by atoms with Gasteiger partial charge in [-0.2, -0.15) is 0 Å². The fourth-order valence-corrected chi connectivity index (χ4v) is 4.32. The summed E-state index contributed by atoms with van der Waals surface area (Å²) in [6, 6.07) is 7.47. The highest BCUT2D eigenvalue weighted by Crippen LogP contribution is 2.31. The van der Waals surface area contributed by atoms with Gasteiger partial charge < -0.3 is 14.5 Å². The van der Waals surface area contributed by atoms with E-state index in [0.717, 1.165) is 49.9 Å². The van der Waals surface area contributed by atoms with Gasteiger partial charge in [-0.15, -0.1) is 0 Å². The number of thioether (sulfide) groups is 1. The molecule has 152 valence electrons. The van der Waals surface area contributed by atoms with Crippen LogP contribution in [0.3, 0.4) is 0 Å². The number of carbonyl (C=O) groups is 3. The molecule has 2 saturated heterocycles. The second-order valence-electron chi connectivity index (χ2n) is 7.36. The van der Waals surface area contributed by atoms with E-state index in [9.17, 15) is 14.4 Å². The van der Waals surface area contributed by atoms with Crippen LogP contribution in [0.15, 0.2) is 41.3 Å². The first-order valence-corrected chi connectivity index (χ1v) is 10.5. The SMILES string of the molecule is CN1CCCN(C(=O)c2cccc(C3=CCC(/C=C4\SC(=O)NC4=O)O3)c2)CC1. The van der Waals surface area contributed by atoms with Gasteiger partial charge >= 0.3 is 0 Å². The van der Waals surface area contributed by atoms with Crippen LogP contribution in [-0.4, -0.2) is 66.2 Å². The van der Waals surface area contributed by atoms with Gasteiger partial charge in [0, 0.05) is 37.2 Å². The molecule has 3 heterocycles. The molecule has 0 aliphatic carbocycles. The average molecular weight is 413 g/mol. The van der Waals surface area contributed by atoms with Gasteiger partial charge in [-0.3, -0.25) is 19.7 Å². The summed E-state index contributed by atoms with van der Waals surface area (Å²) in [5, 5.41) is 1.88. The van der Waals surface area contributed by atoms with Crippen molar-refractivity contribution in [1.82, 2.24) is 15.1 Å². The predicted octanol–water partition coefficient (Wildman–Crippen LogP) is 2.46. The molecule has 0 bridgehead atoms. The van der Waals surface area contributed by atoms with E-state index in [2.05, 4.69) is 17.3 Å². The minimum absolute atomic E-state index is 0.0388. The van der Waals surface area contributed by atoms with Crippen LogP contribution in [-0.2, 0) is 9.53 Å². The van der Waals surface area contributed by atoms with E-state index < -0.39 is 0 Å². The Bertz CT molecular complexity index is 911. The Morgan fingerprint density at radius 1 is 1.24 bits per heavy atom. The molecule has 1 unspecified atom stereocenters. The van der Waals surface area contributed by atoms with Crippen molar-refractivity contribution in [3.63, 3.8) is 0 Å². The van der Waals surface area contributed by atoms with Crippen molar-refractivity contribution < 1.29 is 19.1 Å². The fourth-order valence-electron chi connectivity index (χ4n) is 3.61. The number of carbonyl (C=O) groups excluding carboxylic acids is 3. The zero-order valence-corrected chi connectivity index (χ0v) is 17.0. The number of hydrogen-bond acceptors (Lipinski definition) is 6. The maximum Gasteiger partial charge on any atom is 0.290 e. The number of rotatable bonds is 3. The number of amides is 3. The van der Waals surface area contributed by atoms with Crippen LogP contribution in [0.5, 0.6) is 0 Å². The maximum atomic E-state index is 12.9. The van der Waals surface area contributed by atoms with Crippen LogP contribution in [0.1, 0.15) is 28.8 Å². The molecule has 0 spiro atoms. The lowest BCUT2D eigenvalue weighted by atomic mass is 10.1. The van der Waals surface area contributed by atoms with Crippen molar-refractivity contribution in [2.75, 3.05) is 33.2 Å². The van der Waals surface area contributed by atoms with E-state index in [1.165, 1.54) is 0 Å². The second kappa shape index (κ2) is 8.42. The van der Waals surface area contributed by atoms with E-state index in [1.807, 2.05) is 35.2 Å². The normalized spacial score (nSPS) is 24.3. The molecule has 0 aromatic heterocycles. The van der Waals surface area contributed by atoms with E-state index in [4.69, 9.17) is 4.74 Å². The Morgan fingerprint density at radius 2 is 2.10 bits per heavy atom. The standard InChI is InChI=1S/C21H23N3O4S/c1-23-8-3-9-24(11-10-23)20(26)15-5-2-4-14(12-15)17-7-6-16(28-17)13-18-19(25)22-21(27)29-18/h2,4-5,7,12-13,16H,3,6,8-11H2,1H3,(H,22,25,27)/b18-13-. The summed E-state index contributed by atoms with van der Waals surface area (Å²) >= 11 is 0.886. The van der Waals surface area contributed by atoms with Crippen LogP contribution in [0, 0.1) is 0 Å². The van der Waals surface area contributed by atoms with E-state index in [-0.39, 0.29) is 23.2 Å². The Balaban J connectivity index is 1.44. The first-order chi connectivity index (χ1) is 14.0. The molecule has 8 heteroatoms. The van der Waals surface area contributed by atoms with E-state index >= 15 is 0 Å². The third-order valence-corrected chi connectivity index (χ3v) is 6.02. The molecule has 3 aliphatic heterocycles. The second-order valence-corrected chi connectivity index (χ2v) is 8.38. The monoisotopic (exact) mass is 413 g/mol. The molecule has 29 heavy (non-hydrogen) atoms. The number of imide groups is 1. The predicted molar refractivity (Wildman–Crippen MR) is 111 cm³/mol. The summed E-state index contributed by atoms with van der Waals surface area (Å²) in [5.41, 5.74) is 1.48. The molecule has 0 radical (unpaired) electrons. The van der Waals surface area contributed by atoms with Crippen molar-refractivity contribution in [1.29, 1.82) is 0 Å². The third-order valence-electron chi connectivity index (χ3n) is 5.19. The number of nitrogens with one attached hydrogen (secondary N) is 1. The molecule has 0 saturated carbocycles. The molecule has 2 fully saturated rings. The summed E-state index contributed by atoms with van der Waals surface area (Å²) in [6.07, 6.45) is 4.91. The lowest BCUT2D eigenvalue weighted by Crippen LogP contribution is -2.34. The zero-order chi connectivity index (χ0) is 20.4. The van der Waals surface area contributed by atoms with Gasteiger partial charge in [0.05, 0.1) is 4.91 Å². The summed E-state index contributed by atoms with van der Waals surface area (Å²) in [6.45, 7) is 3.38. The number of nitrogens with zero attached hydrogens (tertiary/aromatic N) is 2. The Labute approximate surface area is 173 Å². The molecule has 7 nitrogen and oxygen atoms in total. The van der Waals surface area contributed by atoms with Crippen molar-refractivity contribution in [3.05, 3.63) is 52.4 Å². The Hall–Kier alpha value is -2.58. The van der Waals surface area contributed by atoms with Gasteiger partial charge in [0.25, 0.3) is 17.1 Å². The molecule has 4 rings (SSSR count). The molecule has 1 N–H and O–H groups in total. The highest BCUT2D eigenvalue weighted by molar-refractivity contribution is 8.18. The van der Waals surface area contributed by atoms with Crippen molar-refractivity contribution in [2.24, 2.45) is 0 Å². The van der Waals surface area contributed by atoms with Crippen LogP contribution < -0.4 is 5.32 Å². The Kier molecular flexibility index (Phi) is 5.73. The molecule has 1 atom stereocenters. The topological polar surface area (TPSA) is 79.0 Å². The zero-order valence-electron chi connectivity index (χ0n) is 16.2. The highest BCUT2D eigenvalue weighted by Gasteiger charge is 2.28. The fraction of sp³-hybridized carbons (Fsp3) is 0.381. The largest absolute Gasteiger partial charge is 0.486 e. The first kappa shape index (κ1) is 19.7. The van der Waals surface area contributed by atoms with E-state index in [0.29, 0.717) is 22.6 Å². The Morgan fingerprint density at radius 3 is 2.90 bits per heavy atom. The van der Waals surface area contributed by atoms with Gasteiger partial charge in [0.2, 0.25) is 0 Å². The van der Waals surface area contributed by atoms with Crippen LogP contribution in [0.25, 0.3) is 5.76 Å². The average Bonchev–Trinajstić information content (AvgIpc) is 3.23. The molecule has 3 amide bonds. The highest BCUT2D eigenvalue weighted by atomic mass is 32.2.